The van der Waals surface area contributed by atoms with Crippen LogP contribution >= 0.6 is 0 Å². The zero-order chi connectivity index (χ0) is 16.1. The van der Waals surface area contributed by atoms with Crippen LogP contribution in [0.4, 0.5) is 5.69 Å². The Balaban J connectivity index is 0.000000140. The van der Waals surface area contributed by atoms with Crippen molar-refractivity contribution in [2.45, 2.75) is 0 Å². The number of fused-ring (bicyclic) bond motifs is 2. The number of benzene rings is 2. The Kier molecular flexibility index (Phi) is 4.20. The van der Waals surface area contributed by atoms with Crippen LogP contribution in [0.1, 0.15) is 0 Å². The molecule has 4 rings (SSSR count). The largest absolute Gasteiger partial charge is 0.288 e. The summed E-state index contributed by atoms with van der Waals surface area (Å²) in [5.41, 5.74) is 1.86. The Morgan fingerprint density at radius 2 is 1.39 bits per heavy atom. The van der Waals surface area contributed by atoms with Crippen LogP contribution in [-0.2, 0) is 0 Å². The second-order valence-electron chi connectivity index (χ2n) is 4.84. The van der Waals surface area contributed by atoms with E-state index in [0.717, 1.165) is 16.4 Å². The van der Waals surface area contributed by atoms with Crippen molar-refractivity contribution in [1.29, 1.82) is 0 Å². The third-order valence-electron chi connectivity index (χ3n) is 3.30. The average Bonchev–Trinajstić information content (AvgIpc) is 2.62. The molecule has 0 atom stereocenters. The molecule has 0 radical (unpaired) electrons. The molecule has 5 heteroatoms. The molecule has 2 heterocycles. The van der Waals surface area contributed by atoms with Crippen LogP contribution in [0.2, 0.25) is 0 Å². The molecule has 0 spiro atoms. The fourth-order valence-electron chi connectivity index (χ4n) is 2.18. The van der Waals surface area contributed by atoms with Gasteiger partial charge in [-0.2, -0.15) is 0 Å². The highest BCUT2D eigenvalue weighted by molar-refractivity contribution is 5.80. The van der Waals surface area contributed by atoms with E-state index < -0.39 is 4.92 Å². The minimum atomic E-state index is -0.445. The quantitative estimate of drug-likeness (QED) is 0.386. The Bertz CT molecular complexity index is 905. The van der Waals surface area contributed by atoms with Crippen LogP contribution in [-0.4, -0.2) is 14.9 Å². The minimum Gasteiger partial charge on any atom is -0.258 e. The molecule has 5 nitrogen and oxygen atoms in total. The second-order valence-corrected chi connectivity index (χ2v) is 4.84. The van der Waals surface area contributed by atoms with Crippen molar-refractivity contribution in [3.8, 4) is 0 Å². The van der Waals surface area contributed by atoms with Crippen molar-refractivity contribution in [1.82, 2.24) is 9.97 Å². The van der Waals surface area contributed by atoms with E-state index in [-0.39, 0.29) is 5.69 Å². The predicted octanol–water partition coefficient (Wildman–Crippen LogP) is 4.38. The Labute approximate surface area is 132 Å². The van der Waals surface area contributed by atoms with E-state index in [1.165, 1.54) is 17.6 Å². The lowest BCUT2D eigenvalue weighted by Gasteiger charge is -1.94. The van der Waals surface area contributed by atoms with E-state index in [4.69, 9.17) is 0 Å². The van der Waals surface area contributed by atoms with Crippen LogP contribution in [0.25, 0.3) is 21.8 Å². The number of nitro groups is 1. The normalized spacial score (nSPS) is 10.1. The predicted molar refractivity (Wildman–Crippen MR) is 90.1 cm³/mol. The topological polar surface area (TPSA) is 68.9 Å². The lowest BCUT2D eigenvalue weighted by molar-refractivity contribution is -0.385. The number of hydrogen-bond donors (Lipinski definition) is 0. The van der Waals surface area contributed by atoms with Gasteiger partial charge in [-0.15, -0.1) is 0 Å². The molecule has 2 aromatic heterocycles. The molecule has 112 valence electrons. The van der Waals surface area contributed by atoms with Crippen molar-refractivity contribution in [3.63, 3.8) is 0 Å². The van der Waals surface area contributed by atoms with Gasteiger partial charge in [0.25, 0.3) is 5.69 Å². The SMILES string of the molecule is O=[N+]([O-])c1cnc2ccccc2c1.c1ccc2ncccc2c1. The van der Waals surface area contributed by atoms with E-state index in [1.54, 1.807) is 6.07 Å². The van der Waals surface area contributed by atoms with Gasteiger partial charge in [0.1, 0.15) is 6.20 Å². The van der Waals surface area contributed by atoms with Crippen LogP contribution in [0.5, 0.6) is 0 Å². The fourth-order valence-corrected chi connectivity index (χ4v) is 2.18. The average molecular weight is 303 g/mol. The highest BCUT2D eigenvalue weighted by Crippen LogP contribution is 2.17. The van der Waals surface area contributed by atoms with Gasteiger partial charge in [0, 0.05) is 23.0 Å². The van der Waals surface area contributed by atoms with Crippen molar-refractivity contribution in [2.24, 2.45) is 0 Å². The molecular weight excluding hydrogens is 290 g/mol. The highest BCUT2D eigenvalue weighted by atomic mass is 16.6. The molecule has 0 aliphatic heterocycles. The maximum Gasteiger partial charge on any atom is 0.288 e. The molecule has 0 amide bonds. The van der Waals surface area contributed by atoms with E-state index >= 15 is 0 Å². The summed E-state index contributed by atoms with van der Waals surface area (Å²) in [5, 5.41) is 12.4. The van der Waals surface area contributed by atoms with E-state index in [1.807, 2.05) is 48.7 Å². The molecule has 0 saturated heterocycles. The van der Waals surface area contributed by atoms with Crippen LogP contribution in [0.3, 0.4) is 0 Å². The first kappa shape index (κ1) is 14.6. The Hall–Kier alpha value is -3.34. The minimum absolute atomic E-state index is 0.0266. The van der Waals surface area contributed by atoms with Gasteiger partial charge in [-0.3, -0.25) is 15.1 Å². The monoisotopic (exact) mass is 303 g/mol. The van der Waals surface area contributed by atoms with Gasteiger partial charge in [0.15, 0.2) is 0 Å². The summed E-state index contributed by atoms with van der Waals surface area (Å²) in [5.74, 6) is 0. The van der Waals surface area contributed by atoms with E-state index in [9.17, 15) is 10.1 Å². The lowest BCUT2D eigenvalue weighted by atomic mass is 10.2. The molecule has 0 fully saturated rings. The van der Waals surface area contributed by atoms with Crippen molar-refractivity contribution < 1.29 is 4.92 Å². The smallest absolute Gasteiger partial charge is 0.258 e. The maximum absolute atomic E-state index is 10.4. The number of aromatic nitrogens is 2. The van der Waals surface area contributed by atoms with Crippen molar-refractivity contribution in [3.05, 3.63) is 89.2 Å². The molecule has 0 aliphatic rings. The van der Waals surface area contributed by atoms with Gasteiger partial charge >= 0.3 is 0 Å². The summed E-state index contributed by atoms with van der Waals surface area (Å²) in [7, 11) is 0. The number of hydrogen-bond acceptors (Lipinski definition) is 4. The molecule has 0 bridgehead atoms. The molecule has 2 aromatic carbocycles. The highest BCUT2D eigenvalue weighted by Gasteiger charge is 2.05. The van der Waals surface area contributed by atoms with Gasteiger partial charge < -0.3 is 0 Å². The second kappa shape index (κ2) is 6.62. The summed E-state index contributed by atoms with van der Waals surface area (Å²) in [4.78, 5) is 18.1. The third-order valence-corrected chi connectivity index (χ3v) is 3.30. The standard InChI is InChI=1S/C9H6N2O2.C9H7N/c12-11(13)8-5-7-3-1-2-4-9(7)10-6-8;1-2-6-9-8(4-1)5-3-7-10-9/h1-6H;1-7H. The fraction of sp³-hybridized carbons (Fsp3) is 0. The molecule has 0 N–H and O–H groups in total. The zero-order valence-electron chi connectivity index (χ0n) is 12.2. The molecule has 23 heavy (non-hydrogen) atoms. The Morgan fingerprint density at radius 3 is 2.09 bits per heavy atom. The lowest BCUT2D eigenvalue weighted by Crippen LogP contribution is -1.88. The van der Waals surface area contributed by atoms with E-state index in [0.29, 0.717) is 0 Å². The first-order chi connectivity index (χ1) is 11.2. The zero-order valence-corrected chi connectivity index (χ0v) is 12.2. The van der Waals surface area contributed by atoms with Crippen molar-refractivity contribution >= 4 is 27.5 Å². The van der Waals surface area contributed by atoms with Gasteiger partial charge in [0.2, 0.25) is 0 Å². The van der Waals surface area contributed by atoms with Gasteiger partial charge in [0.05, 0.1) is 16.0 Å². The van der Waals surface area contributed by atoms with E-state index in [2.05, 4.69) is 22.1 Å². The maximum atomic E-state index is 10.4. The van der Waals surface area contributed by atoms with Crippen LogP contribution in [0.15, 0.2) is 79.1 Å². The molecular formula is C18H13N3O2. The van der Waals surface area contributed by atoms with Crippen molar-refractivity contribution in [2.75, 3.05) is 0 Å². The summed E-state index contributed by atoms with van der Waals surface area (Å²) in [6.45, 7) is 0. The first-order valence-corrected chi connectivity index (χ1v) is 7.03. The van der Waals surface area contributed by atoms with Crippen LogP contribution in [0, 0.1) is 10.1 Å². The first-order valence-electron chi connectivity index (χ1n) is 7.03. The molecule has 4 aromatic rings. The number of rotatable bonds is 1. The number of nitrogens with zero attached hydrogens (tertiary/aromatic N) is 3. The molecule has 0 saturated carbocycles. The summed E-state index contributed by atoms with van der Waals surface area (Å²) in [6.07, 6.45) is 3.07. The number of para-hydroxylation sites is 2. The molecule has 0 aliphatic carbocycles. The van der Waals surface area contributed by atoms with Crippen LogP contribution < -0.4 is 0 Å². The third kappa shape index (κ3) is 3.47. The molecule has 0 unspecified atom stereocenters. The van der Waals surface area contributed by atoms with Gasteiger partial charge in [-0.05, 0) is 18.2 Å². The number of pyridine rings is 2. The summed E-state index contributed by atoms with van der Waals surface area (Å²) >= 11 is 0. The summed E-state index contributed by atoms with van der Waals surface area (Å²) in [6, 6.07) is 20.9. The Morgan fingerprint density at radius 1 is 0.783 bits per heavy atom. The van der Waals surface area contributed by atoms with Gasteiger partial charge in [-0.25, -0.2) is 4.98 Å². The summed E-state index contributed by atoms with van der Waals surface area (Å²) < 4.78 is 0. The van der Waals surface area contributed by atoms with Gasteiger partial charge in [-0.1, -0.05) is 42.5 Å².